The van der Waals surface area contributed by atoms with Crippen LogP contribution in [0.15, 0.2) is 18.2 Å². The summed E-state index contributed by atoms with van der Waals surface area (Å²) < 4.78 is 18.2. The third-order valence-corrected chi connectivity index (χ3v) is 2.38. The molecule has 1 atom stereocenters. The highest BCUT2D eigenvalue weighted by molar-refractivity contribution is 5.74. The van der Waals surface area contributed by atoms with E-state index in [0.717, 1.165) is 5.56 Å². The van der Waals surface area contributed by atoms with Crippen LogP contribution in [0.3, 0.4) is 0 Å². The van der Waals surface area contributed by atoms with Gasteiger partial charge in [-0.05, 0) is 24.6 Å². The molecule has 0 aliphatic rings. The molecule has 1 rings (SSSR count). The van der Waals surface area contributed by atoms with Gasteiger partial charge >= 0.3 is 0 Å². The highest BCUT2D eigenvalue weighted by Crippen LogP contribution is 2.17. The van der Waals surface area contributed by atoms with Gasteiger partial charge in [-0.25, -0.2) is 4.39 Å². The van der Waals surface area contributed by atoms with Crippen molar-refractivity contribution >= 4 is 5.91 Å². The zero-order chi connectivity index (χ0) is 12.8. The molecule has 0 radical (unpaired) electrons. The first-order valence-corrected chi connectivity index (χ1v) is 5.37. The Morgan fingerprint density at radius 3 is 2.82 bits per heavy atom. The van der Waals surface area contributed by atoms with E-state index in [1.165, 1.54) is 13.2 Å². The maximum absolute atomic E-state index is 13.4. The molecule has 1 amide bonds. The molecular formula is C12H17FN2O2. The minimum atomic E-state index is -0.394. The number of nitrogens with one attached hydrogen (secondary N) is 1. The molecule has 5 heteroatoms. The van der Waals surface area contributed by atoms with Gasteiger partial charge in [0.25, 0.3) is 0 Å². The second-order valence-corrected chi connectivity index (χ2v) is 3.92. The Morgan fingerprint density at radius 2 is 2.29 bits per heavy atom. The number of hydrogen-bond donors (Lipinski definition) is 2. The summed E-state index contributed by atoms with van der Waals surface area (Å²) in [5.74, 6) is -0.529. The van der Waals surface area contributed by atoms with Crippen molar-refractivity contribution in [3.8, 4) is 5.75 Å². The van der Waals surface area contributed by atoms with Crippen LogP contribution < -0.4 is 15.8 Å². The third kappa shape index (κ3) is 4.40. The van der Waals surface area contributed by atoms with Crippen molar-refractivity contribution in [1.82, 2.24) is 5.32 Å². The van der Waals surface area contributed by atoms with E-state index in [1.54, 1.807) is 12.1 Å². The Kier molecular flexibility index (Phi) is 4.90. The van der Waals surface area contributed by atoms with Crippen LogP contribution in [0, 0.1) is 5.82 Å². The Hall–Kier alpha value is -1.62. The van der Waals surface area contributed by atoms with Crippen LogP contribution in [-0.2, 0) is 11.3 Å². The lowest BCUT2D eigenvalue weighted by Crippen LogP contribution is -2.30. The first-order chi connectivity index (χ1) is 8.02. The summed E-state index contributed by atoms with van der Waals surface area (Å²) in [6.45, 7) is 2.33. The number of methoxy groups -OCH3 is 1. The number of rotatable bonds is 6. The standard InChI is InChI=1S/C12H17FN2O2/c1-8(5-12(14)16)15-7-9-3-4-11(17-2)10(13)6-9/h3-4,6,8,15H,5,7H2,1-2H3,(H2,14,16). The fourth-order valence-electron chi connectivity index (χ4n) is 1.49. The van der Waals surface area contributed by atoms with Crippen LogP contribution in [0.2, 0.25) is 0 Å². The number of carbonyl (C=O) groups is 1. The van der Waals surface area contributed by atoms with Crippen LogP contribution in [0.4, 0.5) is 4.39 Å². The van der Waals surface area contributed by atoms with Crippen LogP contribution in [0.5, 0.6) is 5.75 Å². The van der Waals surface area contributed by atoms with Crippen molar-refractivity contribution in [1.29, 1.82) is 0 Å². The van der Waals surface area contributed by atoms with E-state index in [2.05, 4.69) is 5.32 Å². The van der Waals surface area contributed by atoms with Gasteiger partial charge in [-0.2, -0.15) is 0 Å². The van der Waals surface area contributed by atoms with Crippen LogP contribution in [-0.4, -0.2) is 19.1 Å². The van der Waals surface area contributed by atoms with Gasteiger partial charge < -0.3 is 15.8 Å². The van der Waals surface area contributed by atoms with E-state index in [4.69, 9.17) is 10.5 Å². The number of benzene rings is 1. The summed E-state index contributed by atoms with van der Waals surface area (Å²) in [6, 6.07) is 4.72. The number of primary amides is 1. The van der Waals surface area contributed by atoms with E-state index < -0.39 is 5.82 Å². The van der Waals surface area contributed by atoms with Gasteiger partial charge in [0.1, 0.15) is 0 Å². The first kappa shape index (κ1) is 13.4. The van der Waals surface area contributed by atoms with Gasteiger partial charge in [0.05, 0.1) is 7.11 Å². The maximum Gasteiger partial charge on any atom is 0.218 e. The molecule has 94 valence electrons. The summed E-state index contributed by atoms with van der Waals surface area (Å²) in [5.41, 5.74) is 5.86. The van der Waals surface area contributed by atoms with Crippen molar-refractivity contribution in [3.05, 3.63) is 29.6 Å². The van der Waals surface area contributed by atoms with Gasteiger partial charge in [-0.1, -0.05) is 6.07 Å². The number of hydrogen-bond acceptors (Lipinski definition) is 3. The van der Waals surface area contributed by atoms with Gasteiger partial charge in [-0.3, -0.25) is 4.79 Å². The zero-order valence-electron chi connectivity index (χ0n) is 10.00. The predicted octanol–water partition coefficient (Wildman–Crippen LogP) is 1.19. The number of carbonyl (C=O) groups excluding carboxylic acids is 1. The molecule has 0 saturated carbocycles. The third-order valence-electron chi connectivity index (χ3n) is 2.38. The van der Waals surface area contributed by atoms with Crippen molar-refractivity contribution in [2.75, 3.05) is 7.11 Å². The molecule has 1 aromatic carbocycles. The van der Waals surface area contributed by atoms with Gasteiger partial charge in [0.15, 0.2) is 11.6 Å². The first-order valence-electron chi connectivity index (χ1n) is 5.37. The molecule has 3 N–H and O–H groups in total. The van der Waals surface area contributed by atoms with Crippen LogP contribution in [0.25, 0.3) is 0 Å². The van der Waals surface area contributed by atoms with Gasteiger partial charge in [-0.15, -0.1) is 0 Å². The minimum absolute atomic E-state index is 0.0299. The van der Waals surface area contributed by atoms with Crippen molar-refractivity contribution in [2.45, 2.75) is 25.9 Å². The fourth-order valence-corrected chi connectivity index (χ4v) is 1.49. The SMILES string of the molecule is COc1ccc(CNC(C)CC(N)=O)cc1F. The lowest BCUT2D eigenvalue weighted by molar-refractivity contribution is -0.118. The Labute approximate surface area is 100.0 Å². The lowest BCUT2D eigenvalue weighted by Gasteiger charge is -2.12. The van der Waals surface area contributed by atoms with E-state index in [-0.39, 0.29) is 24.1 Å². The van der Waals surface area contributed by atoms with Crippen LogP contribution >= 0.6 is 0 Å². The topological polar surface area (TPSA) is 64.3 Å². The molecule has 4 nitrogen and oxygen atoms in total. The molecule has 0 aromatic heterocycles. The van der Waals surface area contributed by atoms with Crippen LogP contribution in [0.1, 0.15) is 18.9 Å². The predicted molar refractivity (Wildman–Crippen MR) is 63.1 cm³/mol. The average molecular weight is 240 g/mol. The maximum atomic E-state index is 13.4. The van der Waals surface area contributed by atoms with Crippen molar-refractivity contribution in [3.63, 3.8) is 0 Å². The van der Waals surface area contributed by atoms with E-state index in [9.17, 15) is 9.18 Å². The number of halogens is 1. The molecule has 17 heavy (non-hydrogen) atoms. The fraction of sp³-hybridized carbons (Fsp3) is 0.417. The molecule has 0 fully saturated rings. The quantitative estimate of drug-likeness (QED) is 0.785. The lowest BCUT2D eigenvalue weighted by atomic mass is 10.1. The number of ether oxygens (including phenoxy) is 1. The smallest absolute Gasteiger partial charge is 0.218 e. The molecule has 1 unspecified atom stereocenters. The summed E-state index contributed by atoms with van der Waals surface area (Å²) in [4.78, 5) is 10.7. The summed E-state index contributed by atoms with van der Waals surface area (Å²) >= 11 is 0. The Bertz CT molecular complexity index is 396. The molecule has 1 aromatic rings. The highest BCUT2D eigenvalue weighted by atomic mass is 19.1. The molecule has 0 heterocycles. The second kappa shape index (κ2) is 6.20. The van der Waals surface area contributed by atoms with Gasteiger partial charge in [0, 0.05) is 19.0 Å². The Balaban J connectivity index is 2.52. The zero-order valence-corrected chi connectivity index (χ0v) is 10.00. The Morgan fingerprint density at radius 1 is 1.59 bits per heavy atom. The molecule has 0 saturated heterocycles. The average Bonchev–Trinajstić information content (AvgIpc) is 2.25. The molecule has 0 aliphatic carbocycles. The van der Waals surface area contributed by atoms with E-state index >= 15 is 0 Å². The number of nitrogens with two attached hydrogens (primary N) is 1. The second-order valence-electron chi connectivity index (χ2n) is 3.92. The molecule has 0 bridgehead atoms. The number of amides is 1. The molecular weight excluding hydrogens is 223 g/mol. The minimum Gasteiger partial charge on any atom is -0.494 e. The van der Waals surface area contributed by atoms with Crippen molar-refractivity contribution in [2.24, 2.45) is 5.73 Å². The monoisotopic (exact) mass is 240 g/mol. The summed E-state index contributed by atoms with van der Waals surface area (Å²) in [7, 11) is 1.42. The van der Waals surface area contributed by atoms with E-state index in [0.29, 0.717) is 6.54 Å². The highest BCUT2D eigenvalue weighted by Gasteiger charge is 2.07. The largest absolute Gasteiger partial charge is 0.494 e. The summed E-state index contributed by atoms with van der Waals surface area (Å²) in [5, 5.41) is 3.09. The van der Waals surface area contributed by atoms with E-state index in [1.807, 2.05) is 6.92 Å². The normalized spacial score (nSPS) is 12.2. The molecule has 0 aliphatic heterocycles. The van der Waals surface area contributed by atoms with Crippen molar-refractivity contribution < 1.29 is 13.9 Å². The van der Waals surface area contributed by atoms with Gasteiger partial charge in [0.2, 0.25) is 5.91 Å². The molecule has 0 spiro atoms. The summed E-state index contributed by atoms with van der Waals surface area (Å²) in [6.07, 6.45) is 0.263.